The second-order valence-corrected chi connectivity index (χ2v) is 4.84. The summed E-state index contributed by atoms with van der Waals surface area (Å²) in [4.78, 5) is 24.5. The van der Waals surface area contributed by atoms with Gasteiger partial charge in [-0.15, -0.1) is 0 Å². The highest BCUT2D eigenvalue weighted by Crippen LogP contribution is 2.18. The molecule has 1 fully saturated rings. The van der Waals surface area contributed by atoms with Crippen molar-refractivity contribution in [1.29, 1.82) is 0 Å². The first kappa shape index (κ1) is 21.5. The van der Waals surface area contributed by atoms with Gasteiger partial charge in [0.05, 0.1) is 39.6 Å². The fourth-order valence-electron chi connectivity index (χ4n) is 1.83. The van der Waals surface area contributed by atoms with E-state index in [1.54, 1.807) is 0 Å². The molecule has 1 aliphatic heterocycles. The van der Waals surface area contributed by atoms with E-state index in [2.05, 4.69) is 0 Å². The number of urea groups is 1. The Morgan fingerprint density at radius 3 is 2.04 bits per heavy atom. The van der Waals surface area contributed by atoms with Crippen molar-refractivity contribution in [2.24, 2.45) is 0 Å². The molecule has 0 bridgehead atoms. The van der Waals surface area contributed by atoms with Gasteiger partial charge in [0.25, 0.3) is 0 Å². The van der Waals surface area contributed by atoms with E-state index in [9.17, 15) is 19.8 Å². The number of ether oxygens (including phenoxy) is 4. The number of esters is 1. The van der Waals surface area contributed by atoms with E-state index < -0.39 is 37.9 Å². The lowest BCUT2D eigenvalue weighted by Gasteiger charge is -2.18. The predicted molar refractivity (Wildman–Crippen MR) is 78.7 cm³/mol. The van der Waals surface area contributed by atoms with Crippen LogP contribution in [0.5, 0.6) is 0 Å². The highest BCUT2D eigenvalue weighted by molar-refractivity contribution is 5.77. The Kier molecular flexibility index (Phi) is 10.3. The molecule has 0 radical (unpaired) electrons. The molecule has 1 aliphatic rings. The third-order valence-corrected chi connectivity index (χ3v) is 3.11. The average Bonchev–Trinajstić information content (AvgIpc) is 2.80. The van der Waals surface area contributed by atoms with E-state index in [1.165, 1.54) is 0 Å². The summed E-state index contributed by atoms with van der Waals surface area (Å²) in [6.45, 7) is -0.528. The van der Waals surface area contributed by atoms with Gasteiger partial charge in [-0.1, -0.05) is 0 Å². The summed E-state index contributed by atoms with van der Waals surface area (Å²) in [5, 5.41) is 36.5. The fraction of sp³-hybridized carbons (Fsp3) is 0.846. The minimum Gasteiger partial charge on any atom is -0.442 e. The monoisotopic (exact) mass is 368 g/mol. The van der Waals surface area contributed by atoms with Gasteiger partial charge in [-0.25, -0.2) is 9.59 Å². The highest BCUT2D eigenvalue weighted by atomic mass is 16.6. The van der Waals surface area contributed by atoms with Crippen molar-refractivity contribution in [2.45, 2.75) is 12.5 Å². The number of rotatable bonds is 13. The summed E-state index contributed by atoms with van der Waals surface area (Å²) in [7, 11) is 0. The Bertz CT molecular complexity index is 410. The number of hydrogen-bond acceptors (Lipinski definition) is 10. The van der Waals surface area contributed by atoms with Crippen LogP contribution >= 0.6 is 0 Å². The third kappa shape index (κ3) is 7.07. The molecule has 1 saturated heterocycles. The minimum atomic E-state index is -1.62. The molecular weight excluding hydrogens is 344 g/mol. The van der Waals surface area contributed by atoms with Crippen molar-refractivity contribution >= 4 is 12.0 Å². The second-order valence-electron chi connectivity index (χ2n) is 4.84. The van der Waals surface area contributed by atoms with Crippen LogP contribution in [0.1, 0.15) is 0 Å². The molecule has 0 aliphatic carbocycles. The largest absolute Gasteiger partial charge is 0.442 e. The summed E-state index contributed by atoms with van der Waals surface area (Å²) in [6, 6.07) is -0.868. The zero-order chi connectivity index (χ0) is 18.7. The van der Waals surface area contributed by atoms with Gasteiger partial charge < -0.3 is 39.4 Å². The summed E-state index contributed by atoms with van der Waals surface area (Å²) in [5.41, 5.74) is 0. The summed E-state index contributed by atoms with van der Waals surface area (Å²) >= 11 is 0. The lowest BCUT2D eigenvalue weighted by Crippen LogP contribution is -2.39. The van der Waals surface area contributed by atoms with Crippen molar-refractivity contribution < 1.29 is 49.0 Å². The van der Waals surface area contributed by atoms with Gasteiger partial charge in [-0.05, 0) is 0 Å². The van der Waals surface area contributed by atoms with Crippen LogP contribution in [0.25, 0.3) is 0 Å². The predicted octanol–water partition coefficient (Wildman–Crippen LogP) is -3.15. The van der Waals surface area contributed by atoms with Gasteiger partial charge in [0.2, 0.25) is 0 Å². The number of nitrogens with zero attached hydrogens (tertiary/aromatic N) is 2. The van der Waals surface area contributed by atoms with Crippen LogP contribution in [0.4, 0.5) is 4.79 Å². The molecular formula is C13H24N2O10. The van der Waals surface area contributed by atoms with E-state index >= 15 is 0 Å². The second kappa shape index (κ2) is 11.9. The molecule has 25 heavy (non-hydrogen) atoms. The summed E-state index contributed by atoms with van der Waals surface area (Å²) in [5.74, 6) is -0.775. The standard InChI is InChI=1S/C13H24N2O10/c16-1-2-22-3-4-23-5-6-24-7-10(18)25-9-15-12(20)11(19)14(8-17)13(15)21/h11-12,16-17,19-20H,1-9H2. The molecule has 4 N–H and O–H groups in total. The van der Waals surface area contributed by atoms with Gasteiger partial charge in [0, 0.05) is 0 Å². The van der Waals surface area contributed by atoms with Gasteiger partial charge >= 0.3 is 12.0 Å². The quantitative estimate of drug-likeness (QED) is 0.193. The van der Waals surface area contributed by atoms with E-state index in [0.29, 0.717) is 23.0 Å². The number of aliphatic hydroxyl groups excluding tert-OH is 4. The lowest BCUT2D eigenvalue weighted by molar-refractivity contribution is -0.158. The van der Waals surface area contributed by atoms with E-state index in [0.717, 1.165) is 0 Å². The number of carbonyl (C=O) groups excluding carboxylic acids is 2. The third-order valence-electron chi connectivity index (χ3n) is 3.11. The van der Waals surface area contributed by atoms with E-state index in [4.69, 9.17) is 29.2 Å². The molecule has 0 aromatic carbocycles. The van der Waals surface area contributed by atoms with E-state index in [-0.39, 0.29) is 33.0 Å². The Morgan fingerprint density at radius 1 is 0.920 bits per heavy atom. The molecule has 146 valence electrons. The number of aliphatic hydroxyl groups is 4. The SMILES string of the molecule is O=C(COCCOCCOCCO)OCN1C(=O)N(CO)C(O)C1O. The first-order valence-electron chi connectivity index (χ1n) is 7.56. The van der Waals surface area contributed by atoms with Gasteiger partial charge in [-0.3, -0.25) is 9.80 Å². The van der Waals surface area contributed by atoms with E-state index in [1.807, 2.05) is 0 Å². The maximum absolute atomic E-state index is 11.7. The Hall–Kier alpha value is -1.54. The topological polar surface area (TPSA) is 158 Å². The molecule has 2 amide bonds. The molecule has 2 unspecified atom stereocenters. The Morgan fingerprint density at radius 2 is 1.48 bits per heavy atom. The van der Waals surface area contributed by atoms with Crippen LogP contribution in [0.15, 0.2) is 0 Å². The van der Waals surface area contributed by atoms with Crippen molar-refractivity contribution in [3.63, 3.8) is 0 Å². The molecule has 12 heteroatoms. The van der Waals surface area contributed by atoms with Crippen LogP contribution in [0.2, 0.25) is 0 Å². The lowest BCUT2D eigenvalue weighted by atomic mass is 10.5. The maximum atomic E-state index is 11.7. The molecule has 0 aromatic rings. The first-order valence-corrected chi connectivity index (χ1v) is 7.56. The molecule has 2 atom stereocenters. The van der Waals surface area contributed by atoms with Crippen molar-refractivity contribution in [1.82, 2.24) is 9.80 Å². The van der Waals surface area contributed by atoms with Gasteiger partial charge in [-0.2, -0.15) is 0 Å². The zero-order valence-corrected chi connectivity index (χ0v) is 13.7. The normalized spacial score (nSPS) is 20.4. The Labute approximate surface area is 144 Å². The smallest absolute Gasteiger partial charge is 0.333 e. The van der Waals surface area contributed by atoms with Crippen LogP contribution in [-0.2, 0) is 23.7 Å². The van der Waals surface area contributed by atoms with Crippen molar-refractivity contribution in [3.05, 3.63) is 0 Å². The number of carbonyl (C=O) groups is 2. The summed E-state index contributed by atoms with van der Waals surface area (Å²) in [6.07, 6.45) is -3.22. The number of hydrogen-bond donors (Lipinski definition) is 4. The van der Waals surface area contributed by atoms with Gasteiger partial charge in [0.1, 0.15) is 13.3 Å². The number of amides is 2. The first-order chi connectivity index (χ1) is 12.0. The average molecular weight is 368 g/mol. The molecule has 1 rings (SSSR count). The van der Waals surface area contributed by atoms with Crippen LogP contribution in [-0.4, -0.2) is 114 Å². The summed E-state index contributed by atoms with van der Waals surface area (Å²) < 4.78 is 19.9. The highest BCUT2D eigenvalue weighted by Gasteiger charge is 2.44. The minimum absolute atomic E-state index is 0.0533. The Balaban J connectivity index is 2.08. The molecule has 1 heterocycles. The van der Waals surface area contributed by atoms with Crippen molar-refractivity contribution in [3.8, 4) is 0 Å². The fourth-order valence-corrected chi connectivity index (χ4v) is 1.83. The molecule has 0 spiro atoms. The van der Waals surface area contributed by atoms with Gasteiger partial charge in [0.15, 0.2) is 19.2 Å². The van der Waals surface area contributed by atoms with Crippen LogP contribution in [0.3, 0.4) is 0 Å². The zero-order valence-electron chi connectivity index (χ0n) is 13.7. The van der Waals surface area contributed by atoms with Crippen LogP contribution in [0, 0.1) is 0 Å². The molecule has 0 saturated carbocycles. The van der Waals surface area contributed by atoms with Crippen LogP contribution < -0.4 is 0 Å². The van der Waals surface area contributed by atoms with Crippen molar-refractivity contribution in [2.75, 3.05) is 59.7 Å². The molecule has 0 aromatic heterocycles. The maximum Gasteiger partial charge on any atom is 0.333 e. The molecule has 12 nitrogen and oxygen atoms in total.